The van der Waals surface area contributed by atoms with Crippen molar-refractivity contribution >= 4 is 29.3 Å². The van der Waals surface area contributed by atoms with E-state index in [1.807, 2.05) is 67.6 Å². The molecule has 6 heteroatoms. The number of hydrogen-bond donors (Lipinski definition) is 3. The highest BCUT2D eigenvalue weighted by atomic mass is 32.2. The van der Waals surface area contributed by atoms with E-state index in [0.717, 1.165) is 11.1 Å². The zero-order valence-corrected chi connectivity index (χ0v) is 18.1. The second-order valence-corrected chi connectivity index (χ2v) is 8.17. The summed E-state index contributed by atoms with van der Waals surface area (Å²) in [6.07, 6.45) is -0.628. The van der Waals surface area contributed by atoms with E-state index >= 15 is 0 Å². The van der Waals surface area contributed by atoms with Gasteiger partial charge in [-0.05, 0) is 30.2 Å². The standard InChI is InChI=1S/C25H26N2O3S/c1-18(19-10-4-2-5-11-19)26-25(30)21-14-8-9-15-22(21)27-24(29)17-31-16-23(28)20-12-6-3-7-13-20/h2-15,18,23,28H,16-17H2,1H3,(H,26,30)(H,27,29). The van der Waals surface area contributed by atoms with Crippen molar-refractivity contribution in [3.63, 3.8) is 0 Å². The molecule has 3 aromatic rings. The lowest BCUT2D eigenvalue weighted by Gasteiger charge is -2.16. The molecule has 2 atom stereocenters. The summed E-state index contributed by atoms with van der Waals surface area (Å²) < 4.78 is 0. The largest absolute Gasteiger partial charge is 0.388 e. The van der Waals surface area contributed by atoms with Gasteiger partial charge < -0.3 is 15.7 Å². The van der Waals surface area contributed by atoms with Crippen LogP contribution in [0.2, 0.25) is 0 Å². The molecule has 0 aliphatic heterocycles. The Morgan fingerprint density at radius 1 is 0.871 bits per heavy atom. The summed E-state index contributed by atoms with van der Waals surface area (Å²) in [7, 11) is 0. The third-order valence-corrected chi connectivity index (χ3v) is 5.80. The van der Waals surface area contributed by atoms with Gasteiger partial charge in [0, 0.05) is 5.75 Å². The molecule has 3 aromatic carbocycles. The molecule has 0 radical (unpaired) electrons. The number of aliphatic hydroxyl groups excluding tert-OH is 1. The van der Waals surface area contributed by atoms with E-state index in [2.05, 4.69) is 10.6 Å². The van der Waals surface area contributed by atoms with Gasteiger partial charge in [0.05, 0.1) is 29.1 Å². The van der Waals surface area contributed by atoms with Crippen molar-refractivity contribution in [2.45, 2.75) is 19.1 Å². The maximum absolute atomic E-state index is 12.8. The van der Waals surface area contributed by atoms with Gasteiger partial charge in [-0.3, -0.25) is 9.59 Å². The van der Waals surface area contributed by atoms with Crippen LogP contribution in [0.15, 0.2) is 84.9 Å². The molecule has 2 unspecified atom stereocenters. The highest BCUT2D eigenvalue weighted by Crippen LogP contribution is 2.20. The van der Waals surface area contributed by atoms with Crippen LogP contribution in [0.5, 0.6) is 0 Å². The van der Waals surface area contributed by atoms with Crippen LogP contribution < -0.4 is 10.6 Å². The Bertz CT molecular complexity index is 996. The van der Waals surface area contributed by atoms with Crippen LogP contribution in [-0.4, -0.2) is 28.4 Å². The summed E-state index contributed by atoms with van der Waals surface area (Å²) in [6, 6.07) is 25.8. The summed E-state index contributed by atoms with van der Waals surface area (Å²) in [4.78, 5) is 25.2. The zero-order chi connectivity index (χ0) is 22.1. The Morgan fingerprint density at radius 2 is 1.45 bits per heavy atom. The van der Waals surface area contributed by atoms with E-state index < -0.39 is 6.10 Å². The Balaban J connectivity index is 1.54. The predicted molar refractivity (Wildman–Crippen MR) is 126 cm³/mol. The Hall–Kier alpha value is -3.09. The van der Waals surface area contributed by atoms with E-state index in [4.69, 9.17) is 0 Å². The summed E-state index contributed by atoms with van der Waals surface area (Å²) in [5, 5.41) is 16.0. The number of rotatable bonds is 9. The van der Waals surface area contributed by atoms with Gasteiger partial charge in [0.1, 0.15) is 0 Å². The lowest BCUT2D eigenvalue weighted by molar-refractivity contribution is -0.113. The summed E-state index contributed by atoms with van der Waals surface area (Å²) in [5.74, 6) is 0.120. The molecule has 3 rings (SSSR count). The molecule has 0 saturated heterocycles. The van der Waals surface area contributed by atoms with Gasteiger partial charge >= 0.3 is 0 Å². The molecular weight excluding hydrogens is 408 g/mol. The fourth-order valence-electron chi connectivity index (χ4n) is 3.11. The average Bonchev–Trinajstić information content (AvgIpc) is 2.80. The van der Waals surface area contributed by atoms with Crippen LogP contribution in [-0.2, 0) is 4.79 Å². The summed E-state index contributed by atoms with van der Waals surface area (Å²) in [6.45, 7) is 1.92. The van der Waals surface area contributed by atoms with E-state index in [9.17, 15) is 14.7 Å². The van der Waals surface area contributed by atoms with Gasteiger partial charge in [-0.25, -0.2) is 0 Å². The van der Waals surface area contributed by atoms with Crippen LogP contribution in [0.1, 0.15) is 40.6 Å². The Labute approximate surface area is 186 Å². The van der Waals surface area contributed by atoms with Crippen LogP contribution in [0.3, 0.4) is 0 Å². The molecule has 0 fully saturated rings. The molecule has 2 amide bonds. The lowest BCUT2D eigenvalue weighted by Crippen LogP contribution is -2.28. The number of amides is 2. The van der Waals surface area contributed by atoms with Crippen LogP contribution in [0, 0.1) is 0 Å². The number of carbonyl (C=O) groups excluding carboxylic acids is 2. The van der Waals surface area contributed by atoms with E-state index in [1.165, 1.54) is 11.8 Å². The number of hydrogen-bond acceptors (Lipinski definition) is 4. The normalized spacial score (nSPS) is 12.6. The SMILES string of the molecule is CC(NC(=O)c1ccccc1NC(=O)CSCC(O)c1ccccc1)c1ccccc1. The molecule has 0 saturated carbocycles. The van der Waals surface area contributed by atoms with Crippen LogP contribution in [0.25, 0.3) is 0 Å². The number of benzene rings is 3. The van der Waals surface area contributed by atoms with E-state index in [1.54, 1.807) is 24.3 Å². The molecule has 5 nitrogen and oxygen atoms in total. The minimum Gasteiger partial charge on any atom is -0.388 e. The molecule has 160 valence electrons. The van der Waals surface area contributed by atoms with Gasteiger partial charge in [0.25, 0.3) is 5.91 Å². The Morgan fingerprint density at radius 3 is 2.13 bits per heavy atom. The highest BCUT2D eigenvalue weighted by Gasteiger charge is 2.16. The van der Waals surface area contributed by atoms with Gasteiger partial charge in [0.2, 0.25) is 5.91 Å². The van der Waals surface area contributed by atoms with Crippen molar-refractivity contribution in [3.8, 4) is 0 Å². The first-order valence-corrected chi connectivity index (χ1v) is 11.3. The molecule has 0 bridgehead atoms. The number of anilines is 1. The third-order valence-electron chi connectivity index (χ3n) is 4.79. The highest BCUT2D eigenvalue weighted by molar-refractivity contribution is 8.00. The second kappa shape index (κ2) is 11.3. The summed E-state index contributed by atoms with van der Waals surface area (Å²) >= 11 is 1.34. The average molecular weight is 435 g/mol. The predicted octanol–water partition coefficient (Wildman–Crippen LogP) is 4.58. The molecule has 31 heavy (non-hydrogen) atoms. The molecule has 3 N–H and O–H groups in total. The van der Waals surface area contributed by atoms with Crippen molar-refractivity contribution in [3.05, 3.63) is 102 Å². The monoisotopic (exact) mass is 434 g/mol. The molecule has 0 aromatic heterocycles. The number of nitrogens with one attached hydrogen (secondary N) is 2. The van der Waals surface area contributed by atoms with E-state index in [-0.39, 0.29) is 23.6 Å². The van der Waals surface area contributed by atoms with Gasteiger partial charge in [0.15, 0.2) is 0 Å². The lowest BCUT2D eigenvalue weighted by atomic mass is 10.1. The molecule has 0 aliphatic rings. The first-order valence-electron chi connectivity index (χ1n) is 10.1. The molecule has 0 spiro atoms. The first-order chi connectivity index (χ1) is 15.0. The van der Waals surface area contributed by atoms with Crippen molar-refractivity contribution < 1.29 is 14.7 Å². The van der Waals surface area contributed by atoms with Crippen molar-refractivity contribution in [1.29, 1.82) is 0 Å². The van der Waals surface area contributed by atoms with Gasteiger partial charge in [-0.1, -0.05) is 72.8 Å². The number of carbonyl (C=O) groups is 2. The van der Waals surface area contributed by atoms with Crippen molar-refractivity contribution in [2.24, 2.45) is 0 Å². The molecule has 0 aliphatic carbocycles. The zero-order valence-electron chi connectivity index (χ0n) is 17.3. The van der Waals surface area contributed by atoms with Crippen LogP contribution in [0.4, 0.5) is 5.69 Å². The first kappa shape index (κ1) is 22.6. The van der Waals surface area contributed by atoms with Crippen LogP contribution >= 0.6 is 11.8 Å². The maximum Gasteiger partial charge on any atom is 0.253 e. The molecular formula is C25H26N2O3S. The summed E-state index contributed by atoms with van der Waals surface area (Å²) in [5.41, 5.74) is 2.71. The maximum atomic E-state index is 12.8. The van der Waals surface area contributed by atoms with E-state index in [0.29, 0.717) is 17.0 Å². The fraction of sp³-hybridized carbons (Fsp3) is 0.200. The minimum atomic E-state index is -0.628. The number of thioether (sulfide) groups is 1. The smallest absolute Gasteiger partial charge is 0.253 e. The second-order valence-electron chi connectivity index (χ2n) is 7.14. The van der Waals surface area contributed by atoms with Crippen molar-refractivity contribution in [2.75, 3.05) is 16.8 Å². The topological polar surface area (TPSA) is 78.4 Å². The number of para-hydroxylation sites is 1. The molecule has 0 heterocycles. The van der Waals surface area contributed by atoms with Gasteiger partial charge in [-0.2, -0.15) is 0 Å². The minimum absolute atomic E-state index is 0.160. The third kappa shape index (κ3) is 6.70. The fourth-order valence-corrected chi connectivity index (χ4v) is 3.90. The van der Waals surface area contributed by atoms with Gasteiger partial charge in [-0.15, -0.1) is 11.8 Å². The Kier molecular flexibility index (Phi) is 8.27. The van der Waals surface area contributed by atoms with Crippen molar-refractivity contribution in [1.82, 2.24) is 5.32 Å². The number of aliphatic hydroxyl groups is 1. The quantitative estimate of drug-likeness (QED) is 0.461.